The minimum absolute atomic E-state index is 0.193. The van der Waals surface area contributed by atoms with Crippen molar-refractivity contribution in [3.63, 3.8) is 0 Å². The zero-order valence-corrected chi connectivity index (χ0v) is 18.1. The van der Waals surface area contributed by atoms with Gasteiger partial charge in [0.1, 0.15) is 0 Å². The lowest BCUT2D eigenvalue weighted by atomic mass is 10.2. The molecule has 1 saturated heterocycles. The number of carbonyl (C=O) groups is 3. The smallest absolute Gasteiger partial charge is 0.359 e. The fourth-order valence-corrected chi connectivity index (χ4v) is 4.39. The van der Waals surface area contributed by atoms with Crippen molar-refractivity contribution < 1.29 is 23.5 Å². The zero-order chi connectivity index (χ0) is 22.8. The molecule has 3 aromatic rings. The van der Waals surface area contributed by atoms with Crippen molar-refractivity contribution in [2.24, 2.45) is 0 Å². The molecule has 2 amide bonds. The molecule has 1 fully saturated rings. The second-order valence-electron chi connectivity index (χ2n) is 8.10. The van der Waals surface area contributed by atoms with Gasteiger partial charge in [0, 0.05) is 37.4 Å². The predicted molar refractivity (Wildman–Crippen MR) is 117 cm³/mol. The molecule has 0 unspecified atom stereocenters. The number of para-hydroxylation sites is 1. The molecule has 33 heavy (non-hydrogen) atoms. The number of aromatic nitrogens is 2. The summed E-state index contributed by atoms with van der Waals surface area (Å²) in [6.45, 7) is 1.20. The number of ether oxygens (including phenoxy) is 1. The van der Waals surface area contributed by atoms with Crippen molar-refractivity contribution in [3.05, 3.63) is 71.4 Å². The van der Waals surface area contributed by atoms with Crippen molar-refractivity contribution in [2.45, 2.75) is 19.3 Å². The Bertz CT molecular complexity index is 1160. The summed E-state index contributed by atoms with van der Waals surface area (Å²) >= 11 is 0. The lowest BCUT2D eigenvalue weighted by Gasteiger charge is -2.34. The van der Waals surface area contributed by atoms with Gasteiger partial charge >= 0.3 is 5.97 Å². The standard InChI is InChI=1S/C24H24N4O5/c29-21(26-11-13-27(14-12-26)23(30)20-10-5-15-32-20)16-33-24(31)22-18-8-4-9-19(18)28(25-22)17-6-2-1-3-7-17/h1-3,5-7,10,15H,4,8-9,11-14,16H2. The molecule has 2 aliphatic rings. The van der Waals surface area contributed by atoms with Crippen LogP contribution >= 0.6 is 0 Å². The maximum absolute atomic E-state index is 12.8. The Morgan fingerprint density at radius 1 is 0.939 bits per heavy atom. The highest BCUT2D eigenvalue weighted by Gasteiger charge is 2.30. The van der Waals surface area contributed by atoms with Crippen LogP contribution in [0.4, 0.5) is 0 Å². The third kappa shape index (κ3) is 4.13. The number of furan rings is 1. The summed E-state index contributed by atoms with van der Waals surface area (Å²) in [5, 5.41) is 4.51. The number of hydrogen-bond acceptors (Lipinski definition) is 6. The van der Waals surface area contributed by atoms with Crippen LogP contribution in [0.3, 0.4) is 0 Å². The topological polar surface area (TPSA) is 97.9 Å². The van der Waals surface area contributed by atoms with E-state index in [0.717, 1.165) is 36.2 Å². The molecular formula is C24H24N4O5. The van der Waals surface area contributed by atoms with Crippen LogP contribution in [-0.2, 0) is 22.4 Å². The summed E-state index contributed by atoms with van der Waals surface area (Å²) in [7, 11) is 0. The monoisotopic (exact) mass is 448 g/mol. The molecule has 9 nitrogen and oxygen atoms in total. The van der Waals surface area contributed by atoms with E-state index in [1.807, 2.05) is 30.3 Å². The lowest BCUT2D eigenvalue weighted by molar-refractivity contribution is -0.136. The maximum atomic E-state index is 12.8. The highest BCUT2D eigenvalue weighted by Crippen LogP contribution is 2.28. The van der Waals surface area contributed by atoms with Gasteiger partial charge in [0.2, 0.25) is 0 Å². The minimum Gasteiger partial charge on any atom is -0.459 e. The molecule has 0 spiro atoms. The van der Waals surface area contributed by atoms with Gasteiger partial charge in [-0.2, -0.15) is 5.10 Å². The average Bonchev–Trinajstić information content (AvgIpc) is 3.61. The second-order valence-corrected chi connectivity index (χ2v) is 8.10. The first kappa shape index (κ1) is 21.0. The van der Waals surface area contributed by atoms with Crippen LogP contribution in [0.1, 0.15) is 38.7 Å². The van der Waals surface area contributed by atoms with Crippen molar-refractivity contribution in [3.8, 4) is 5.69 Å². The van der Waals surface area contributed by atoms with E-state index in [9.17, 15) is 14.4 Å². The minimum atomic E-state index is -0.581. The molecule has 0 saturated carbocycles. The largest absolute Gasteiger partial charge is 0.459 e. The van der Waals surface area contributed by atoms with Crippen LogP contribution in [0.25, 0.3) is 5.69 Å². The number of carbonyl (C=O) groups excluding carboxylic acids is 3. The second kappa shape index (κ2) is 8.93. The van der Waals surface area contributed by atoms with Crippen molar-refractivity contribution in [2.75, 3.05) is 32.8 Å². The van der Waals surface area contributed by atoms with Gasteiger partial charge in [0.15, 0.2) is 18.1 Å². The number of nitrogens with zero attached hydrogens (tertiary/aromatic N) is 4. The SMILES string of the molecule is O=C(OCC(=O)N1CCN(C(=O)c2ccco2)CC1)c1nn(-c2ccccc2)c2c1CCC2. The van der Waals surface area contributed by atoms with E-state index in [4.69, 9.17) is 9.15 Å². The highest BCUT2D eigenvalue weighted by molar-refractivity contribution is 5.92. The molecular weight excluding hydrogens is 424 g/mol. The Morgan fingerprint density at radius 3 is 2.42 bits per heavy atom. The lowest BCUT2D eigenvalue weighted by Crippen LogP contribution is -2.51. The van der Waals surface area contributed by atoms with E-state index in [2.05, 4.69) is 5.10 Å². The summed E-state index contributed by atoms with van der Waals surface area (Å²) < 4.78 is 12.3. The van der Waals surface area contributed by atoms with E-state index >= 15 is 0 Å². The van der Waals surface area contributed by atoms with Gasteiger partial charge in [-0.25, -0.2) is 9.48 Å². The van der Waals surface area contributed by atoms with Gasteiger partial charge in [0.05, 0.1) is 12.0 Å². The van der Waals surface area contributed by atoms with Gasteiger partial charge < -0.3 is 19.0 Å². The maximum Gasteiger partial charge on any atom is 0.359 e. The molecule has 5 rings (SSSR count). The van der Waals surface area contributed by atoms with E-state index < -0.39 is 5.97 Å². The number of fused-ring (bicyclic) bond motifs is 1. The highest BCUT2D eigenvalue weighted by atomic mass is 16.5. The summed E-state index contributed by atoms with van der Waals surface area (Å²) in [6.07, 6.45) is 4.04. The number of benzene rings is 1. The molecule has 9 heteroatoms. The number of amides is 2. The Morgan fingerprint density at radius 2 is 1.70 bits per heavy atom. The molecule has 1 aromatic carbocycles. The Labute approximate surface area is 190 Å². The van der Waals surface area contributed by atoms with Gasteiger partial charge in [-0.3, -0.25) is 9.59 Å². The fourth-order valence-electron chi connectivity index (χ4n) is 4.39. The summed E-state index contributed by atoms with van der Waals surface area (Å²) in [5.41, 5.74) is 3.11. The normalized spacial score (nSPS) is 15.4. The molecule has 170 valence electrons. The molecule has 1 aliphatic carbocycles. The molecule has 1 aliphatic heterocycles. The quantitative estimate of drug-likeness (QED) is 0.555. The molecule has 3 heterocycles. The molecule has 0 N–H and O–H groups in total. The Balaban J connectivity index is 1.18. The van der Waals surface area contributed by atoms with E-state index in [-0.39, 0.29) is 29.9 Å². The van der Waals surface area contributed by atoms with Crippen molar-refractivity contribution >= 4 is 17.8 Å². The molecule has 0 atom stereocenters. The van der Waals surface area contributed by atoms with Crippen LogP contribution in [0.5, 0.6) is 0 Å². The van der Waals surface area contributed by atoms with Crippen LogP contribution in [0.15, 0.2) is 53.1 Å². The molecule has 2 aromatic heterocycles. The molecule has 0 radical (unpaired) electrons. The van der Waals surface area contributed by atoms with E-state index in [0.29, 0.717) is 26.2 Å². The Hall–Kier alpha value is -3.88. The number of esters is 1. The number of hydrogen-bond donors (Lipinski definition) is 0. The Kier molecular flexibility index (Phi) is 5.68. The van der Waals surface area contributed by atoms with Crippen molar-refractivity contribution in [1.82, 2.24) is 19.6 Å². The first-order valence-corrected chi connectivity index (χ1v) is 11.1. The molecule has 0 bridgehead atoms. The third-order valence-electron chi connectivity index (χ3n) is 6.10. The predicted octanol–water partition coefficient (Wildman–Crippen LogP) is 2.10. The van der Waals surface area contributed by atoms with E-state index in [1.165, 1.54) is 6.26 Å². The van der Waals surface area contributed by atoms with Crippen molar-refractivity contribution in [1.29, 1.82) is 0 Å². The first-order chi connectivity index (χ1) is 16.1. The first-order valence-electron chi connectivity index (χ1n) is 11.1. The summed E-state index contributed by atoms with van der Waals surface area (Å²) in [4.78, 5) is 41.0. The van der Waals surface area contributed by atoms with E-state index in [1.54, 1.807) is 26.6 Å². The zero-order valence-electron chi connectivity index (χ0n) is 18.1. The summed E-state index contributed by atoms with van der Waals surface area (Å²) in [5.74, 6) is -0.775. The van der Waals surface area contributed by atoms with Crippen LogP contribution in [0, 0.1) is 0 Å². The van der Waals surface area contributed by atoms with Gasteiger partial charge in [-0.1, -0.05) is 18.2 Å². The number of rotatable bonds is 5. The van der Waals surface area contributed by atoms with Gasteiger partial charge in [-0.05, 0) is 43.5 Å². The van der Waals surface area contributed by atoms with Crippen LogP contribution in [0.2, 0.25) is 0 Å². The third-order valence-corrected chi connectivity index (χ3v) is 6.10. The average molecular weight is 448 g/mol. The summed E-state index contributed by atoms with van der Waals surface area (Å²) in [6, 6.07) is 13.0. The van der Waals surface area contributed by atoms with Gasteiger partial charge in [0.25, 0.3) is 11.8 Å². The van der Waals surface area contributed by atoms with Gasteiger partial charge in [-0.15, -0.1) is 0 Å². The van der Waals surface area contributed by atoms with Crippen LogP contribution < -0.4 is 0 Å². The fraction of sp³-hybridized carbons (Fsp3) is 0.333. The van der Waals surface area contributed by atoms with Crippen LogP contribution in [-0.4, -0.2) is 70.1 Å². The number of piperazine rings is 1.